The molecule has 0 bridgehead atoms. The number of nitrogens with one attached hydrogen (secondary N) is 1. The van der Waals surface area contributed by atoms with E-state index in [1.807, 2.05) is 0 Å². The molecule has 0 amide bonds. The van der Waals surface area contributed by atoms with E-state index in [1.54, 1.807) is 0 Å². The maximum Gasteiger partial charge on any atom is 0.0107 e. The van der Waals surface area contributed by atoms with Crippen molar-refractivity contribution in [1.82, 2.24) is 10.2 Å². The lowest BCUT2D eigenvalue weighted by molar-refractivity contribution is 0.207. The normalized spacial score (nSPS) is 23.3. The van der Waals surface area contributed by atoms with Gasteiger partial charge in [-0.2, -0.15) is 0 Å². The molecule has 2 heteroatoms. The van der Waals surface area contributed by atoms with Crippen LogP contribution in [-0.2, 0) is 0 Å². The number of likely N-dealkylation sites (tertiary alicyclic amines) is 1. The Morgan fingerprint density at radius 1 is 1.05 bits per heavy atom. The summed E-state index contributed by atoms with van der Waals surface area (Å²) in [5, 5.41) is 3.71. The van der Waals surface area contributed by atoms with Crippen molar-refractivity contribution in [3.63, 3.8) is 0 Å². The van der Waals surface area contributed by atoms with Crippen molar-refractivity contribution < 1.29 is 0 Å². The molecule has 0 aromatic rings. The van der Waals surface area contributed by atoms with Crippen LogP contribution >= 0.6 is 0 Å². The number of hydrogen-bond donors (Lipinski definition) is 1. The number of rotatable bonds is 7. The third-order valence-electron chi connectivity index (χ3n) is 5.14. The second kappa shape index (κ2) is 9.15. The van der Waals surface area contributed by atoms with E-state index < -0.39 is 0 Å². The molecule has 1 fully saturated rings. The largest absolute Gasteiger partial charge is 0.313 e. The van der Waals surface area contributed by atoms with Crippen LogP contribution in [0.2, 0.25) is 0 Å². The monoisotopic (exact) mass is 296 g/mol. The Hall–Kier alpha value is -0.0800. The second-order valence-corrected chi connectivity index (χ2v) is 8.66. The lowest BCUT2D eigenvalue weighted by Crippen LogP contribution is -2.36. The summed E-state index contributed by atoms with van der Waals surface area (Å²) in [6, 6.07) is 0.668. The quantitative estimate of drug-likeness (QED) is 0.741. The summed E-state index contributed by atoms with van der Waals surface area (Å²) in [4.78, 5) is 2.67. The molecule has 2 atom stereocenters. The first kappa shape index (κ1) is 19.0. The predicted octanol–water partition coefficient (Wildman–Crippen LogP) is 4.55. The molecule has 1 aliphatic rings. The Morgan fingerprint density at radius 2 is 1.76 bits per heavy atom. The van der Waals surface area contributed by atoms with Crippen molar-refractivity contribution in [1.29, 1.82) is 0 Å². The van der Waals surface area contributed by atoms with Crippen molar-refractivity contribution in [3.05, 3.63) is 0 Å². The van der Waals surface area contributed by atoms with Gasteiger partial charge in [-0.3, -0.25) is 0 Å². The van der Waals surface area contributed by atoms with Crippen LogP contribution in [0, 0.1) is 17.3 Å². The first-order valence-electron chi connectivity index (χ1n) is 9.24. The summed E-state index contributed by atoms with van der Waals surface area (Å²) >= 11 is 0. The van der Waals surface area contributed by atoms with Gasteiger partial charge < -0.3 is 10.2 Å². The van der Waals surface area contributed by atoms with Crippen molar-refractivity contribution in [2.45, 2.75) is 79.7 Å². The van der Waals surface area contributed by atoms with E-state index in [4.69, 9.17) is 0 Å². The molecular weight excluding hydrogens is 256 g/mol. The fourth-order valence-electron chi connectivity index (χ4n) is 3.40. The molecular formula is C19H40N2. The lowest BCUT2D eigenvalue weighted by atomic mass is 9.77. The van der Waals surface area contributed by atoms with Crippen LogP contribution in [0.5, 0.6) is 0 Å². The van der Waals surface area contributed by atoms with Gasteiger partial charge in [0.1, 0.15) is 0 Å². The molecule has 0 aromatic carbocycles. The third-order valence-corrected chi connectivity index (χ3v) is 5.14. The summed E-state index contributed by atoms with van der Waals surface area (Å²) in [6.45, 7) is 19.2. The second-order valence-electron chi connectivity index (χ2n) is 8.66. The Kier molecular flexibility index (Phi) is 8.26. The average molecular weight is 297 g/mol. The third kappa shape index (κ3) is 8.21. The molecule has 2 nitrogen and oxygen atoms in total. The highest BCUT2D eigenvalue weighted by molar-refractivity contribution is 4.79. The first-order chi connectivity index (χ1) is 9.79. The van der Waals surface area contributed by atoms with Gasteiger partial charge in [-0.05, 0) is 69.4 Å². The number of hydrogen-bond acceptors (Lipinski definition) is 2. The molecule has 126 valence electrons. The molecule has 0 aromatic heterocycles. The number of nitrogens with zero attached hydrogens (tertiary/aromatic N) is 1. The minimum atomic E-state index is 0.486. The van der Waals surface area contributed by atoms with Gasteiger partial charge in [0.2, 0.25) is 0 Å². The van der Waals surface area contributed by atoms with Gasteiger partial charge in [-0.1, -0.05) is 34.6 Å². The molecule has 21 heavy (non-hydrogen) atoms. The molecule has 2 unspecified atom stereocenters. The van der Waals surface area contributed by atoms with Crippen molar-refractivity contribution in [3.8, 4) is 0 Å². The van der Waals surface area contributed by atoms with E-state index in [2.05, 4.69) is 51.8 Å². The molecule has 1 saturated heterocycles. The highest BCUT2D eigenvalue weighted by Gasteiger charge is 2.26. The maximum absolute atomic E-state index is 3.71. The van der Waals surface area contributed by atoms with Crippen LogP contribution in [0.25, 0.3) is 0 Å². The smallest absolute Gasteiger partial charge is 0.0107 e. The summed E-state index contributed by atoms with van der Waals surface area (Å²) < 4.78 is 0. The molecule has 0 aliphatic carbocycles. The van der Waals surface area contributed by atoms with Crippen molar-refractivity contribution >= 4 is 0 Å². The van der Waals surface area contributed by atoms with Crippen LogP contribution in [-0.4, -0.2) is 37.1 Å². The van der Waals surface area contributed by atoms with Gasteiger partial charge in [0.15, 0.2) is 0 Å². The van der Waals surface area contributed by atoms with Crippen molar-refractivity contribution in [2.24, 2.45) is 17.3 Å². The Bertz CT molecular complexity index is 267. The Morgan fingerprint density at radius 3 is 2.38 bits per heavy atom. The fraction of sp³-hybridized carbons (Fsp3) is 1.00. The minimum Gasteiger partial charge on any atom is -0.313 e. The molecule has 1 heterocycles. The Labute approximate surface area is 134 Å². The van der Waals surface area contributed by atoms with Crippen LogP contribution in [0.15, 0.2) is 0 Å². The van der Waals surface area contributed by atoms with Gasteiger partial charge in [-0.15, -0.1) is 0 Å². The standard InChI is InChI=1S/C19H40N2/c1-16(2)9-10-17(3)20-12-15-21-13-7-8-18(11-14-21)19(4,5)6/h16-18,20H,7-15H2,1-6H3. The van der Waals surface area contributed by atoms with Gasteiger partial charge in [-0.25, -0.2) is 0 Å². The highest BCUT2D eigenvalue weighted by Crippen LogP contribution is 2.34. The SMILES string of the molecule is CC(C)CCC(C)NCCN1CCCC(C(C)(C)C)CC1. The van der Waals surface area contributed by atoms with E-state index in [0.29, 0.717) is 11.5 Å². The lowest BCUT2D eigenvalue weighted by Gasteiger charge is -2.30. The molecule has 0 radical (unpaired) electrons. The molecule has 0 spiro atoms. The maximum atomic E-state index is 3.71. The zero-order valence-electron chi connectivity index (χ0n) is 15.5. The summed E-state index contributed by atoms with van der Waals surface area (Å²) in [7, 11) is 0. The summed E-state index contributed by atoms with van der Waals surface area (Å²) in [5.74, 6) is 1.73. The summed E-state index contributed by atoms with van der Waals surface area (Å²) in [6.07, 6.45) is 6.82. The first-order valence-corrected chi connectivity index (χ1v) is 9.24. The molecule has 1 N–H and O–H groups in total. The predicted molar refractivity (Wildman–Crippen MR) is 94.8 cm³/mol. The van der Waals surface area contributed by atoms with Gasteiger partial charge >= 0.3 is 0 Å². The Balaban J connectivity index is 2.18. The van der Waals surface area contributed by atoms with Crippen LogP contribution in [0.4, 0.5) is 0 Å². The van der Waals surface area contributed by atoms with Gasteiger partial charge in [0.25, 0.3) is 0 Å². The fourth-order valence-corrected chi connectivity index (χ4v) is 3.40. The van der Waals surface area contributed by atoms with E-state index in [1.165, 1.54) is 51.7 Å². The van der Waals surface area contributed by atoms with Crippen LogP contribution in [0.1, 0.15) is 73.6 Å². The van der Waals surface area contributed by atoms with E-state index in [0.717, 1.165) is 18.4 Å². The van der Waals surface area contributed by atoms with Crippen molar-refractivity contribution in [2.75, 3.05) is 26.2 Å². The zero-order valence-corrected chi connectivity index (χ0v) is 15.5. The van der Waals surface area contributed by atoms with Crippen LogP contribution in [0.3, 0.4) is 0 Å². The topological polar surface area (TPSA) is 15.3 Å². The average Bonchev–Trinajstić information content (AvgIpc) is 2.61. The summed E-state index contributed by atoms with van der Waals surface area (Å²) in [5.41, 5.74) is 0.486. The van der Waals surface area contributed by atoms with Crippen LogP contribution < -0.4 is 5.32 Å². The molecule has 0 saturated carbocycles. The highest BCUT2D eigenvalue weighted by atomic mass is 15.1. The molecule has 1 aliphatic heterocycles. The molecule has 1 rings (SSSR count). The minimum absolute atomic E-state index is 0.486. The van der Waals surface area contributed by atoms with E-state index >= 15 is 0 Å². The van der Waals surface area contributed by atoms with E-state index in [9.17, 15) is 0 Å². The van der Waals surface area contributed by atoms with Gasteiger partial charge in [0, 0.05) is 19.1 Å². The zero-order chi connectivity index (χ0) is 15.9. The van der Waals surface area contributed by atoms with Gasteiger partial charge in [0.05, 0.1) is 0 Å². The van der Waals surface area contributed by atoms with E-state index in [-0.39, 0.29) is 0 Å².